The summed E-state index contributed by atoms with van der Waals surface area (Å²) in [6, 6.07) is 14.0. The van der Waals surface area contributed by atoms with Crippen molar-refractivity contribution in [1.29, 1.82) is 0 Å². The Morgan fingerprint density at radius 1 is 1.17 bits per heavy atom. The minimum absolute atomic E-state index is 0.375. The van der Waals surface area contributed by atoms with Gasteiger partial charge in [0, 0.05) is 11.9 Å². The number of para-hydroxylation sites is 1. The van der Waals surface area contributed by atoms with Crippen LogP contribution in [0.1, 0.15) is 5.69 Å². The van der Waals surface area contributed by atoms with Gasteiger partial charge in [-0.15, -0.1) is 0 Å². The van der Waals surface area contributed by atoms with Crippen molar-refractivity contribution in [2.75, 3.05) is 12.4 Å². The van der Waals surface area contributed by atoms with Crippen LogP contribution in [0.3, 0.4) is 0 Å². The molecule has 1 N–H and O–H groups in total. The van der Waals surface area contributed by atoms with Gasteiger partial charge in [-0.25, -0.2) is 0 Å². The Balaban J connectivity index is 0.000000357. The van der Waals surface area contributed by atoms with Gasteiger partial charge in [0.15, 0.2) is 0 Å². The van der Waals surface area contributed by atoms with E-state index in [9.17, 15) is 0 Å². The fourth-order valence-electron chi connectivity index (χ4n) is 1.29. The highest BCUT2D eigenvalue weighted by Crippen LogP contribution is 2.17. The van der Waals surface area contributed by atoms with Crippen molar-refractivity contribution >= 4 is 17.8 Å². The van der Waals surface area contributed by atoms with Crippen LogP contribution in [0.15, 0.2) is 48.7 Å². The number of ether oxygens (including phenoxy) is 1. The molecule has 0 aliphatic rings. The van der Waals surface area contributed by atoms with Gasteiger partial charge in [0.05, 0.1) is 18.5 Å². The number of methoxy groups -OCH3 is 1. The molecule has 1 aromatic carbocycles. The normalized spacial score (nSPS) is 8.78. The molecule has 0 saturated carbocycles. The number of anilines is 2. The first-order chi connectivity index (χ1) is 8.77. The van der Waals surface area contributed by atoms with E-state index >= 15 is 0 Å². The maximum atomic E-state index is 8.95. The lowest BCUT2D eigenvalue weighted by Gasteiger charge is -2.07. The van der Waals surface area contributed by atoms with Gasteiger partial charge in [-0.1, -0.05) is 18.2 Å². The van der Waals surface area contributed by atoms with Gasteiger partial charge >= 0.3 is 0 Å². The van der Waals surface area contributed by atoms with E-state index in [4.69, 9.17) is 4.79 Å². The average Bonchev–Trinajstić information content (AvgIpc) is 2.43. The molecule has 0 fully saturated rings. The summed E-state index contributed by atoms with van der Waals surface area (Å²) in [5.74, 6) is 0. The molecule has 0 amide bonds. The van der Waals surface area contributed by atoms with Crippen LogP contribution in [0.4, 0.5) is 11.4 Å². The van der Waals surface area contributed by atoms with Crippen LogP contribution in [0.5, 0.6) is 0 Å². The third kappa shape index (κ3) is 4.65. The van der Waals surface area contributed by atoms with E-state index in [1.807, 2.05) is 49.4 Å². The van der Waals surface area contributed by atoms with Crippen LogP contribution in [-0.2, 0) is 9.53 Å². The molecular weight excluding hydrogens is 228 g/mol. The molecule has 1 heterocycles. The Hall–Kier alpha value is -2.36. The summed E-state index contributed by atoms with van der Waals surface area (Å²) < 4.78 is 3.86. The molecule has 0 bridgehead atoms. The molecule has 0 aliphatic heterocycles. The maximum absolute atomic E-state index is 8.95. The number of carbonyl (C=O) groups excluding carboxylic acids is 1. The number of aromatic nitrogens is 1. The Morgan fingerprint density at radius 3 is 2.39 bits per heavy atom. The van der Waals surface area contributed by atoms with E-state index in [2.05, 4.69) is 15.0 Å². The van der Waals surface area contributed by atoms with Crippen LogP contribution < -0.4 is 5.32 Å². The lowest BCUT2D eigenvalue weighted by molar-refractivity contribution is -0.126. The van der Waals surface area contributed by atoms with Crippen LogP contribution in [0, 0.1) is 6.92 Å². The summed E-state index contributed by atoms with van der Waals surface area (Å²) in [6.45, 7) is 2.37. The molecular formula is C14H16N2O2. The van der Waals surface area contributed by atoms with Gasteiger partial charge in [0.1, 0.15) is 0 Å². The van der Waals surface area contributed by atoms with Gasteiger partial charge in [-0.2, -0.15) is 0 Å². The standard InChI is InChI=1S/C12H12N2.C2H4O2/c1-10-12(8-5-9-13-10)14-11-6-3-2-4-7-11;1-4-2-3/h2-9,14H,1H3;2H,1H3. The van der Waals surface area contributed by atoms with E-state index in [0.29, 0.717) is 6.47 Å². The van der Waals surface area contributed by atoms with Gasteiger partial charge in [0.2, 0.25) is 0 Å². The Kier molecular flexibility index (Phi) is 5.97. The Bertz CT molecular complexity index is 472. The largest absolute Gasteiger partial charge is 0.471 e. The number of carbonyl (C=O) groups is 1. The summed E-state index contributed by atoms with van der Waals surface area (Å²) in [5, 5.41) is 3.31. The summed E-state index contributed by atoms with van der Waals surface area (Å²) in [7, 11) is 1.31. The third-order valence-electron chi connectivity index (χ3n) is 2.16. The number of nitrogens with zero attached hydrogens (tertiary/aromatic N) is 1. The minimum atomic E-state index is 0.375. The molecule has 0 unspecified atom stereocenters. The zero-order valence-electron chi connectivity index (χ0n) is 10.5. The number of pyridine rings is 1. The molecule has 0 spiro atoms. The highest BCUT2D eigenvalue weighted by Gasteiger charge is 1.96. The predicted octanol–water partition coefficient (Wildman–Crippen LogP) is 2.92. The minimum Gasteiger partial charge on any atom is -0.471 e. The van der Waals surface area contributed by atoms with Crippen molar-refractivity contribution in [1.82, 2.24) is 4.98 Å². The SMILES string of the molecule is COC=O.Cc1ncccc1Nc1ccccc1. The smallest absolute Gasteiger partial charge is 0.292 e. The number of nitrogens with one attached hydrogen (secondary N) is 1. The summed E-state index contributed by atoms with van der Waals surface area (Å²) in [5.41, 5.74) is 3.15. The fraction of sp³-hybridized carbons (Fsp3) is 0.143. The number of aryl methyl sites for hydroxylation is 1. The first-order valence-corrected chi connectivity index (χ1v) is 5.48. The van der Waals surface area contributed by atoms with E-state index in [1.54, 1.807) is 6.20 Å². The number of benzene rings is 1. The number of rotatable bonds is 3. The van der Waals surface area contributed by atoms with Crippen LogP contribution in [-0.4, -0.2) is 18.6 Å². The maximum Gasteiger partial charge on any atom is 0.292 e. The third-order valence-corrected chi connectivity index (χ3v) is 2.16. The monoisotopic (exact) mass is 244 g/mol. The topological polar surface area (TPSA) is 51.2 Å². The van der Waals surface area contributed by atoms with Crippen molar-refractivity contribution in [2.24, 2.45) is 0 Å². The molecule has 4 nitrogen and oxygen atoms in total. The van der Waals surface area contributed by atoms with Crippen molar-refractivity contribution in [3.05, 3.63) is 54.4 Å². The molecule has 0 atom stereocenters. The molecule has 1 aromatic heterocycles. The van der Waals surface area contributed by atoms with E-state index < -0.39 is 0 Å². The second-order valence-corrected chi connectivity index (χ2v) is 3.46. The second kappa shape index (κ2) is 7.84. The quantitative estimate of drug-likeness (QED) is 0.843. The molecule has 0 saturated heterocycles. The first-order valence-electron chi connectivity index (χ1n) is 5.48. The molecule has 2 rings (SSSR count). The lowest BCUT2D eigenvalue weighted by Crippen LogP contribution is -1.93. The number of hydrogen-bond acceptors (Lipinski definition) is 4. The van der Waals surface area contributed by atoms with Crippen LogP contribution >= 0.6 is 0 Å². The zero-order chi connectivity index (χ0) is 13.2. The Morgan fingerprint density at radius 2 is 1.83 bits per heavy atom. The van der Waals surface area contributed by atoms with Crippen molar-refractivity contribution in [2.45, 2.75) is 6.92 Å². The second-order valence-electron chi connectivity index (χ2n) is 3.46. The average molecular weight is 244 g/mol. The molecule has 0 aliphatic carbocycles. The van der Waals surface area contributed by atoms with Gasteiger partial charge in [0.25, 0.3) is 6.47 Å². The molecule has 94 valence electrons. The first kappa shape index (κ1) is 13.7. The lowest BCUT2D eigenvalue weighted by atomic mass is 10.2. The molecule has 4 heteroatoms. The summed E-state index contributed by atoms with van der Waals surface area (Å²) in [6.07, 6.45) is 1.80. The summed E-state index contributed by atoms with van der Waals surface area (Å²) in [4.78, 5) is 13.2. The van der Waals surface area contributed by atoms with E-state index in [1.165, 1.54) is 7.11 Å². The van der Waals surface area contributed by atoms with E-state index in [0.717, 1.165) is 17.1 Å². The van der Waals surface area contributed by atoms with Gasteiger partial charge in [-0.05, 0) is 31.2 Å². The highest BCUT2D eigenvalue weighted by atomic mass is 16.5. The van der Waals surface area contributed by atoms with E-state index in [-0.39, 0.29) is 0 Å². The predicted molar refractivity (Wildman–Crippen MR) is 71.8 cm³/mol. The molecule has 18 heavy (non-hydrogen) atoms. The zero-order valence-corrected chi connectivity index (χ0v) is 10.5. The van der Waals surface area contributed by atoms with Crippen LogP contribution in [0.25, 0.3) is 0 Å². The molecule has 0 radical (unpaired) electrons. The van der Waals surface area contributed by atoms with Crippen molar-refractivity contribution < 1.29 is 9.53 Å². The van der Waals surface area contributed by atoms with Crippen molar-refractivity contribution in [3.8, 4) is 0 Å². The van der Waals surface area contributed by atoms with Gasteiger partial charge < -0.3 is 10.1 Å². The highest BCUT2D eigenvalue weighted by molar-refractivity contribution is 5.60. The molecule has 2 aromatic rings. The summed E-state index contributed by atoms with van der Waals surface area (Å²) >= 11 is 0. The fourth-order valence-corrected chi connectivity index (χ4v) is 1.29. The number of hydrogen-bond donors (Lipinski definition) is 1. The van der Waals surface area contributed by atoms with Gasteiger partial charge in [-0.3, -0.25) is 9.78 Å². The Labute approximate surface area is 107 Å². The van der Waals surface area contributed by atoms with Crippen LogP contribution in [0.2, 0.25) is 0 Å². The van der Waals surface area contributed by atoms with Crippen molar-refractivity contribution in [3.63, 3.8) is 0 Å².